The maximum Gasteiger partial charge on any atom is 0.239 e. The number of anilines is 2. The number of oxazole rings is 1. The molecule has 114 valence electrons. The lowest BCUT2D eigenvalue weighted by molar-refractivity contribution is 0.125. The number of pyridine rings is 1. The summed E-state index contributed by atoms with van der Waals surface area (Å²) in [5, 5.41) is 3.22. The van der Waals surface area contributed by atoms with Crippen LogP contribution in [0.3, 0.4) is 0 Å². The van der Waals surface area contributed by atoms with E-state index in [0.717, 1.165) is 5.76 Å². The molecule has 21 heavy (non-hydrogen) atoms. The SMILES string of the molecule is Cc1cnc(C(C)Nc2ccc(N)c(OC(C)(C)C)n2)o1. The zero-order valence-electron chi connectivity index (χ0n) is 13.1. The molecule has 0 aliphatic carbocycles. The van der Waals surface area contributed by atoms with Gasteiger partial charge in [0, 0.05) is 0 Å². The number of aryl methyl sites for hydroxylation is 1. The first-order valence-corrected chi connectivity index (χ1v) is 6.89. The molecule has 2 aromatic heterocycles. The van der Waals surface area contributed by atoms with Crippen LogP contribution in [0.2, 0.25) is 0 Å². The van der Waals surface area contributed by atoms with Crippen molar-refractivity contribution in [1.82, 2.24) is 9.97 Å². The molecule has 1 atom stereocenters. The van der Waals surface area contributed by atoms with Crippen LogP contribution in [0.4, 0.5) is 11.5 Å². The third-order valence-corrected chi connectivity index (χ3v) is 2.67. The summed E-state index contributed by atoms with van der Waals surface area (Å²) in [4.78, 5) is 8.60. The number of aromatic nitrogens is 2. The lowest BCUT2D eigenvalue weighted by atomic mass is 10.2. The highest BCUT2D eigenvalue weighted by molar-refractivity contribution is 5.54. The number of ether oxygens (including phenoxy) is 1. The number of nitrogens with one attached hydrogen (secondary N) is 1. The summed E-state index contributed by atoms with van der Waals surface area (Å²) >= 11 is 0. The fourth-order valence-electron chi connectivity index (χ4n) is 1.76. The van der Waals surface area contributed by atoms with Gasteiger partial charge in [-0.1, -0.05) is 0 Å². The average Bonchev–Trinajstić information content (AvgIpc) is 2.78. The predicted octanol–water partition coefficient (Wildman–Crippen LogP) is 3.31. The fraction of sp³-hybridized carbons (Fsp3) is 0.467. The van der Waals surface area contributed by atoms with Crippen LogP contribution in [-0.4, -0.2) is 15.6 Å². The van der Waals surface area contributed by atoms with Crippen molar-refractivity contribution in [2.24, 2.45) is 0 Å². The van der Waals surface area contributed by atoms with Crippen molar-refractivity contribution in [3.05, 3.63) is 30.0 Å². The Hall–Kier alpha value is -2.24. The Balaban J connectivity index is 2.15. The molecular weight excluding hydrogens is 268 g/mol. The van der Waals surface area contributed by atoms with Gasteiger partial charge < -0.3 is 20.2 Å². The molecule has 0 aliphatic heterocycles. The molecule has 0 radical (unpaired) electrons. The van der Waals surface area contributed by atoms with E-state index in [2.05, 4.69) is 15.3 Å². The number of hydrogen-bond acceptors (Lipinski definition) is 6. The van der Waals surface area contributed by atoms with Crippen molar-refractivity contribution in [3.8, 4) is 5.88 Å². The van der Waals surface area contributed by atoms with Gasteiger partial charge in [0.2, 0.25) is 11.8 Å². The standard InChI is InChI=1S/C15H22N4O2/c1-9-8-17-13(20-9)10(2)18-12-7-6-11(16)14(19-12)21-15(3,4)5/h6-8,10H,16H2,1-5H3,(H,18,19). The molecule has 3 N–H and O–H groups in total. The van der Waals surface area contributed by atoms with E-state index in [0.29, 0.717) is 23.3 Å². The minimum atomic E-state index is -0.356. The van der Waals surface area contributed by atoms with Crippen LogP contribution in [0.1, 0.15) is 45.4 Å². The van der Waals surface area contributed by atoms with E-state index in [-0.39, 0.29) is 11.6 Å². The summed E-state index contributed by atoms with van der Waals surface area (Å²) in [6.07, 6.45) is 1.69. The third kappa shape index (κ3) is 4.11. The number of nitrogens with zero attached hydrogens (tertiary/aromatic N) is 2. The molecule has 0 amide bonds. The Morgan fingerprint density at radius 1 is 1.33 bits per heavy atom. The molecule has 0 bridgehead atoms. The van der Waals surface area contributed by atoms with E-state index >= 15 is 0 Å². The van der Waals surface area contributed by atoms with Crippen LogP contribution >= 0.6 is 0 Å². The zero-order chi connectivity index (χ0) is 15.6. The molecule has 2 heterocycles. The van der Waals surface area contributed by atoms with Gasteiger partial charge in [-0.25, -0.2) is 4.98 Å². The number of hydrogen-bond donors (Lipinski definition) is 2. The Kier molecular flexibility index (Phi) is 4.06. The minimum Gasteiger partial charge on any atom is -0.470 e. The van der Waals surface area contributed by atoms with Crippen molar-refractivity contribution < 1.29 is 9.15 Å². The van der Waals surface area contributed by atoms with Gasteiger partial charge in [0.1, 0.15) is 23.2 Å². The highest BCUT2D eigenvalue weighted by Crippen LogP contribution is 2.26. The second kappa shape index (κ2) is 5.63. The summed E-state index contributed by atoms with van der Waals surface area (Å²) in [5.41, 5.74) is 6.05. The molecule has 0 aliphatic rings. The molecule has 0 aromatic carbocycles. The lowest BCUT2D eigenvalue weighted by Gasteiger charge is -2.22. The monoisotopic (exact) mass is 290 g/mol. The molecule has 2 aromatic rings. The molecule has 0 saturated carbocycles. The van der Waals surface area contributed by atoms with Gasteiger partial charge in [0.25, 0.3) is 0 Å². The Bertz CT molecular complexity index is 616. The van der Waals surface area contributed by atoms with Gasteiger partial charge >= 0.3 is 0 Å². The topological polar surface area (TPSA) is 86.2 Å². The summed E-state index contributed by atoms with van der Waals surface area (Å²) in [7, 11) is 0. The van der Waals surface area contributed by atoms with Gasteiger partial charge in [0.05, 0.1) is 11.9 Å². The minimum absolute atomic E-state index is 0.0997. The zero-order valence-corrected chi connectivity index (χ0v) is 13.1. The largest absolute Gasteiger partial charge is 0.470 e. The molecule has 2 rings (SSSR count). The molecule has 0 spiro atoms. The van der Waals surface area contributed by atoms with Gasteiger partial charge in [-0.2, -0.15) is 4.98 Å². The maximum absolute atomic E-state index is 5.90. The van der Waals surface area contributed by atoms with E-state index < -0.39 is 0 Å². The molecule has 6 heteroatoms. The van der Waals surface area contributed by atoms with E-state index in [1.807, 2.05) is 34.6 Å². The summed E-state index contributed by atoms with van der Waals surface area (Å²) < 4.78 is 11.2. The first-order chi connectivity index (χ1) is 9.74. The van der Waals surface area contributed by atoms with Crippen LogP contribution in [0.5, 0.6) is 5.88 Å². The molecule has 0 fully saturated rings. The first-order valence-electron chi connectivity index (χ1n) is 6.89. The van der Waals surface area contributed by atoms with Crippen LogP contribution in [0.15, 0.2) is 22.7 Å². The van der Waals surface area contributed by atoms with Gasteiger partial charge in [0.15, 0.2) is 0 Å². The second-order valence-corrected chi connectivity index (χ2v) is 5.98. The van der Waals surface area contributed by atoms with Crippen molar-refractivity contribution in [2.45, 2.75) is 46.3 Å². The molecule has 0 saturated heterocycles. The summed E-state index contributed by atoms with van der Waals surface area (Å²) in [6.45, 7) is 9.67. The van der Waals surface area contributed by atoms with E-state index in [4.69, 9.17) is 14.9 Å². The van der Waals surface area contributed by atoms with Crippen LogP contribution in [0, 0.1) is 6.92 Å². The van der Waals surface area contributed by atoms with Gasteiger partial charge in [-0.15, -0.1) is 0 Å². The number of nitrogen functional groups attached to an aromatic ring is 1. The first kappa shape index (κ1) is 15.2. The summed E-state index contributed by atoms with van der Waals surface area (Å²) in [5.74, 6) is 2.47. The molecule has 6 nitrogen and oxygen atoms in total. The Labute approximate surface area is 124 Å². The highest BCUT2D eigenvalue weighted by Gasteiger charge is 2.17. The number of rotatable bonds is 4. The van der Waals surface area contributed by atoms with Crippen molar-refractivity contribution in [1.29, 1.82) is 0 Å². The van der Waals surface area contributed by atoms with Crippen LogP contribution in [-0.2, 0) is 0 Å². The second-order valence-electron chi connectivity index (χ2n) is 5.98. The lowest BCUT2D eigenvalue weighted by Crippen LogP contribution is -2.24. The normalized spacial score (nSPS) is 13.0. The number of nitrogens with two attached hydrogens (primary N) is 1. The van der Waals surface area contributed by atoms with Crippen LogP contribution < -0.4 is 15.8 Å². The maximum atomic E-state index is 5.90. The Morgan fingerprint density at radius 2 is 2.05 bits per heavy atom. The Morgan fingerprint density at radius 3 is 2.62 bits per heavy atom. The molecular formula is C15H22N4O2. The smallest absolute Gasteiger partial charge is 0.239 e. The van der Waals surface area contributed by atoms with E-state index in [1.165, 1.54) is 0 Å². The predicted molar refractivity (Wildman–Crippen MR) is 82.3 cm³/mol. The van der Waals surface area contributed by atoms with Crippen molar-refractivity contribution in [2.75, 3.05) is 11.1 Å². The van der Waals surface area contributed by atoms with Crippen LogP contribution in [0.25, 0.3) is 0 Å². The van der Waals surface area contributed by atoms with Crippen molar-refractivity contribution >= 4 is 11.5 Å². The van der Waals surface area contributed by atoms with E-state index in [1.54, 1.807) is 18.3 Å². The van der Waals surface area contributed by atoms with Gasteiger partial charge in [-0.05, 0) is 46.8 Å². The van der Waals surface area contributed by atoms with Crippen molar-refractivity contribution in [3.63, 3.8) is 0 Å². The third-order valence-electron chi connectivity index (χ3n) is 2.67. The fourth-order valence-corrected chi connectivity index (χ4v) is 1.76. The highest BCUT2D eigenvalue weighted by atomic mass is 16.5. The average molecular weight is 290 g/mol. The van der Waals surface area contributed by atoms with E-state index in [9.17, 15) is 0 Å². The van der Waals surface area contributed by atoms with Gasteiger partial charge in [-0.3, -0.25) is 0 Å². The molecule has 1 unspecified atom stereocenters. The quantitative estimate of drug-likeness (QED) is 0.898. The summed E-state index contributed by atoms with van der Waals surface area (Å²) in [6, 6.07) is 3.47.